The number of phenolic OH excluding ortho intramolecular Hbond substituents is 2. The maximum absolute atomic E-state index is 9.78. The van der Waals surface area contributed by atoms with Gasteiger partial charge in [0.15, 0.2) is 0 Å². The molecule has 0 unspecified atom stereocenters. The number of para-hydroxylation sites is 2. The van der Waals surface area contributed by atoms with Crippen molar-refractivity contribution in [2.75, 3.05) is 9.80 Å². The molecular formula is C42H29BN2O2. The zero-order valence-electron chi connectivity index (χ0n) is 25.5. The first-order valence-electron chi connectivity index (χ1n) is 15.8. The number of phenols is 2. The van der Waals surface area contributed by atoms with E-state index >= 15 is 0 Å². The Bertz CT molecular complexity index is 2110. The third kappa shape index (κ3) is 4.39. The molecule has 222 valence electrons. The molecule has 9 rings (SSSR count). The molecule has 2 N–H and O–H groups in total. The Kier molecular flexibility index (Phi) is 6.19. The molecule has 4 nitrogen and oxygen atoms in total. The molecule has 0 amide bonds. The van der Waals surface area contributed by atoms with Crippen LogP contribution >= 0.6 is 0 Å². The number of aromatic hydroxyl groups is 2. The number of benzene rings is 7. The Morgan fingerprint density at radius 2 is 0.681 bits per heavy atom. The van der Waals surface area contributed by atoms with Crippen molar-refractivity contribution in [1.29, 1.82) is 0 Å². The SMILES string of the molecule is Oc1ccc(-c2ccc(N3c4ccccc4B4c5ccccc5N(c5ccc(-c6ccc(O)cc6)cc5)c5cccc3c54)cc2)cc1. The molecule has 0 fully saturated rings. The van der Waals surface area contributed by atoms with Crippen molar-refractivity contribution in [3.05, 3.63) is 164 Å². The standard InChI is InChI=1S/C42H29BN2O2/c46-34-24-16-30(17-25-34)28-12-20-32(21-13-28)44-38-8-3-1-6-36(38)43-37-7-2-4-9-39(37)45(41-11-5-10-40(44)42(41)43)33-22-14-29(15-23-33)31-18-26-35(47)27-19-31/h1-27,46-47H. The summed E-state index contributed by atoms with van der Waals surface area (Å²) >= 11 is 0. The third-order valence-corrected chi connectivity index (χ3v) is 9.46. The molecule has 5 heteroatoms. The van der Waals surface area contributed by atoms with E-state index in [0.717, 1.165) is 33.6 Å². The quantitative estimate of drug-likeness (QED) is 0.198. The van der Waals surface area contributed by atoms with Crippen molar-refractivity contribution >= 4 is 57.2 Å². The Morgan fingerprint density at radius 1 is 0.340 bits per heavy atom. The minimum Gasteiger partial charge on any atom is -0.508 e. The Morgan fingerprint density at radius 3 is 1.09 bits per heavy atom. The van der Waals surface area contributed by atoms with Crippen LogP contribution in [0.2, 0.25) is 0 Å². The minimum atomic E-state index is 0.0913. The highest BCUT2D eigenvalue weighted by Gasteiger charge is 2.42. The normalized spacial score (nSPS) is 12.7. The number of hydrogen-bond acceptors (Lipinski definition) is 4. The van der Waals surface area contributed by atoms with Crippen LogP contribution in [0.25, 0.3) is 22.3 Å². The molecule has 0 saturated heterocycles. The van der Waals surface area contributed by atoms with Gasteiger partial charge in [-0.25, -0.2) is 0 Å². The summed E-state index contributed by atoms with van der Waals surface area (Å²) in [4.78, 5) is 4.79. The summed E-state index contributed by atoms with van der Waals surface area (Å²) in [5.41, 5.74) is 15.1. The predicted molar refractivity (Wildman–Crippen MR) is 195 cm³/mol. The van der Waals surface area contributed by atoms with E-state index in [2.05, 4.69) is 125 Å². The Labute approximate surface area is 274 Å². The zero-order chi connectivity index (χ0) is 31.5. The lowest BCUT2D eigenvalue weighted by atomic mass is 9.33. The van der Waals surface area contributed by atoms with Gasteiger partial charge >= 0.3 is 0 Å². The number of nitrogens with zero attached hydrogens (tertiary/aromatic N) is 2. The van der Waals surface area contributed by atoms with Crippen molar-refractivity contribution in [1.82, 2.24) is 0 Å². The van der Waals surface area contributed by atoms with Crippen molar-refractivity contribution in [3.63, 3.8) is 0 Å². The van der Waals surface area contributed by atoms with Gasteiger partial charge in [0.25, 0.3) is 6.71 Å². The molecule has 2 aliphatic rings. The van der Waals surface area contributed by atoms with Gasteiger partial charge in [-0.05, 0) is 111 Å². The van der Waals surface area contributed by atoms with Crippen LogP contribution in [0, 0.1) is 0 Å². The van der Waals surface area contributed by atoms with Crippen LogP contribution in [-0.4, -0.2) is 16.9 Å². The summed E-state index contributed by atoms with van der Waals surface area (Å²) in [7, 11) is 0. The largest absolute Gasteiger partial charge is 0.508 e. The number of anilines is 6. The molecule has 0 aromatic heterocycles. The zero-order valence-corrected chi connectivity index (χ0v) is 25.5. The molecule has 0 aliphatic carbocycles. The van der Waals surface area contributed by atoms with E-state index in [1.54, 1.807) is 24.3 Å². The van der Waals surface area contributed by atoms with E-state index in [1.165, 1.54) is 39.1 Å². The van der Waals surface area contributed by atoms with Crippen molar-refractivity contribution in [3.8, 4) is 33.8 Å². The molecule has 0 spiro atoms. The van der Waals surface area contributed by atoms with Crippen molar-refractivity contribution in [2.45, 2.75) is 0 Å². The van der Waals surface area contributed by atoms with Gasteiger partial charge in [-0.15, -0.1) is 0 Å². The fourth-order valence-electron chi connectivity index (χ4n) is 7.31. The summed E-state index contributed by atoms with van der Waals surface area (Å²) in [6.07, 6.45) is 0. The van der Waals surface area contributed by atoms with Gasteiger partial charge in [0, 0.05) is 34.1 Å². The van der Waals surface area contributed by atoms with Gasteiger partial charge in [-0.2, -0.15) is 0 Å². The summed E-state index contributed by atoms with van der Waals surface area (Å²) in [6.45, 7) is 0.0913. The van der Waals surface area contributed by atoms with Crippen LogP contribution in [0.5, 0.6) is 11.5 Å². The summed E-state index contributed by atoms with van der Waals surface area (Å²) in [5.74, 6) is 0.533. The Hall–Kier alpha value is -6.20. The van der Waals surface area contributed by atoms with Crippen LogP contribution in [0.15, 0.2) is 164 Å². The molecule has 0 saturated carbocycles. The fraction of sp³-hybridized carbons (Fsp3) is 0. The van der Waals surface area contributed by atoms with Gasteiger partial charge < -0.3 is 20.0 Å². The lowest BCUT2D eigenvalue weighted by Crippen LogP contribution is -2.61. The van der Waals surface area contributed by atoms with Crippen LogP contribution in [0.4, 0.5) is 34.1 Å². The first kappa shape index (κ1) is 27.1. The molecule has 7 aromatic rings. The van der Waals surface area contributed by atoms with E-state index in [-0.39, 0.29) is 18.2 Å². The van der Waals surface area contributed by atoms with Crippen molar-refractivity contribution in [2.24, 2.45) is 0 Å². The van der Waals surface area contributed by atoms with E-state index < -0.39 is 0 Å². The van der Waals surface area contributed by atoms with E-state index in [4.69, 9.17) is 0 Å². The van der Waals surface area contributed by atoms with Gasteiger partial charge in [-0.1, -0.05) is 91.0 Å². The van der Waals surface area contributed by atoms with Gasteiger partial charge in [-0.3, -0.25) is 0 Å². The van der Waals surface area contributed by atoms with E-state index in [0.29, 0.717) is 0 Å². The maximum atomic E-state index is 9.78. The van der Waals surface area contributed by atoms with Crippen LogP contribution < -0.4 is 26.2 Å². The first-order chi connectivity index (χ1) is 23.1. The maximum Gasteiger partial charge on any atom is 0.252 e. The molecule has 2 heterocycles. The highest BCUT2D eigenvalue weighted by Crippen LogP contribution is 2.44. The fourth-order valence-corrected chi connectivity index (χ4v) is 7.31. The second-order valence-electron chi connectivity index (χ2n) is 12.1. The second kappa shape index (κ2) is 10.7. The van der Waals surface area contributed by atoms with Crippen molar-refractivity contribution < 1.29 is 10.2 Å². The average Bonchev–Trinajstić information content (AvgIpc) is 3.12. The first-order valence-corrected chi connectivity index (χ1v) is 15.8. The highest BCUT2D eigenvalue weighted by molar-refractivity contribution is 7.00. The summed E-state index contributed by atoms with van der Waals surface area (Å²) in [6, 6.07) is 56.3. The summed E-state index contributed by atoms with van der Waals surface area (Å²) < 4.78 is 0. The monoisotopic (exact) mass is 604 g/mol. The van der Waals surface area contributed by atoms with Gasteiger partial charge in [0.2, 0.25) is 0 Å². The topological polar surface area (TPSA) is 46.9 Å². The number of hydrogen-bond donors (Lipinski definition) is 2. The molecule has 0 atom stereocenters. The smallest absolute Gasteiger partial charge is 0.252 e. The molecule has 2 aliphatic heterocycles. The van der Waals surface area contributed by atoms with E-state index in [9.17, 15) is 10.2 Å². The lowest BCUT2D eigenvalue weighted by molar-refractivity contribution is 0.475. The molecule has 7 aromatic carbocycles. The number of rotatable bonds is 4. The van der Waals surface area contributed by atoms with Crippen LogP contribution in [0.1, 0.15) is 0 Å². The van der Waals surface area contributed by atoms with Crippen LogP contribution in [-0.2, 0) is 0 Å². The molecule has 47 heavy (non-hydrogen) atoms. The molecule has 0 radical (unpaired) electrons. The summed E-state index contributed by atoms with van der Waals surface area (Å²) in [5, 5.41) is 19.6. The second-order valence-corrected chi connectivity index (χ2v) is 12.1. The van der Waals surface area contributed by atoms with Gasteiger partial charge in [0.05, 0.1) is 0 Å². The minimum absolute atomic E-state index is 0.0913. The van der Waals surface area contributed by atoms with Crippen LogP contribution in [0.3, 0.4) is 0 Å². The number of fused-ring (bicyclic) bond motifs is 4. The van der Waals surface area contributed by atoms with E-state index in [1.807, 2.05) is 24.3 Å². The predicted octanol–water partition coefficient (Wildman–Crippen LogP) is 8.51. The molecule has 0 bridgehead atoms. The van der Waals surface area contributed by atoms with Gasteiger partial charge in [0.1, 0.15) is 11.5 Å². The molecular weight excluding hydrogens is 575 g/mol. The lowest BCUT2D eigenvalue weighted by Gasteiger charge is -2.44. The third-order valence-electron chi connectivity index (χ3n) is 9.46. The highest BCUT2D eigenvalue weighted by atomic mass is 16.3. The average molecular weight is 605 g/mol. The Balaban J connectivity index is 1.20.